The summed E-state index contributed by atoms with van der Waals surface area (Å²) < 4.78 is 2.23. The van der Waals surface area contributed by atoms with Crippen molar-refractivity contribution in [3.8, 4) is 0 Å². The van der Waals surface area contributed by atoms with E-state index in [1.165, 1.54) is 11.1 Å². The second kappa shape index (κ2) is 7.99. The highest BCUT2D eigenvalue weighted by atomic mass is 16.1. The van der Waals surface area contributed by atoms with Crippen LogP contribution in [0.4, 0.5) is 5.69 Å². The maximum absolute atomic E-state index is 12.0. The van der Waals surface area contributed by atoms with Crippen LogP contribution in [0.15, 0.2) is 60.8 Å². The lowest BCUT2D eigenvalue weighted by atomic mass is 10.2. The molecule has 0 radical (unpaired) electrons. The molecule has 0 saturated carbocycles. The smallest absolute Gasteiger partial charge is 0.224 e. The summed E-state index contributed by atoms with van der Waals surface area (Å²) in [5.41, 5.74) is 3.31. The van der Waals surface area contributed by atoms with E-state index in [0.717, 1.165) is 30.6 Å². The minimum atomic E-state index is 0.0740. The summed E-state index contributed by atoms with van der Waals surface area (Å²) in [6, 6.07) is 18.6. The van der Waals surface area contributed by atoms with Crippen LogP contribution < -0.4 is 5.32 Å². The highest BCUT2D eigenvalue weighted by molar-refractivity contribution is 5.93. The van der Waals surface area contributed by atoms with Crippen molar-refractivity contribution in [3.63, 3.8) is 0 Å². The summed E-state index contributed by atoms with van der Waals surface area (Å²) in [4.78, 5) is 14.1. The number of nitrogens with one attached hydrogen (secondary N) is 1. The Kier molecular flexibility index (Phi) is 5.51. The standard InChI is InChI=1S/C21H25N3O/c1-23(2)13-6-9-21(25)22-19-10-11-20-18(15-19)12-14-24(20)16-17-7-4-3-5-8-17/h3-5,7-8,10-12,14-15H,6,9,13,16H2,1-2H3,(H,22,25). The molecule has 1 heterocycles. The zero-order valence-electron chi connectivity index (χ0n) is 14.9. The predicted molar refractivity (Wildman–Crippen MR) is 104 cm³/mol. The van der Waals surface area contributed by atoms with E-state index in [1.807, 2.05) is 32.3 Å². The highest BCUT2D eigenvalue weighted by Crippen LogP contribution is 2.21. The normalized spacial score (nSPS) is 11.2. The Morgan fingerprint density at radius 2 is 1.88 bits per heavy atom. The van der Waals surface area contributed by atoms with E-state index in [2.05, 4.69) is 57.4 Å². The maximum atomic E-state index is 12.0. The van der Waals surface area contributed by atoms with Gasteiger partial charge in [-0.2, -0.15) is 0 Å². The Balaban J connectivity index is 1.66. The molecule has 3 aromatic rings. The Morgan fingerprint density at radius 3 is 2.64 bits per heavy atom. The molecule has 1 amide bonds. The first-order valence-corrected chi connectivity index (χ1v) is 8.69. The van der Waals surface area contributed by atoms with Crippen molar-refractivity contribution in [2.24, 2.45) is 0 Å². The van der Waals surface area contributed by atoms with Gasteiger partial charge in [-0.05, 0) is 56.9 Å². The summed E-state index contributed by atoms with van der Waals surface area (Å²) >= 11 is 0. The molecule has 2 aromatic carbocycles. The number of anilines is 1. The predicted octanol–water partition coefficient (Wildman–Crippen LogP) is 3.97. The summed E-state index contributed by atoms with van der Waals surface area (Å²) in [6.45, 7) is 1.77. The molecule has 0 aliphatic rings. The Bertz CT molecular complexity index is 837. The van der Waals surface area contributed by atoms with Gasteiger partial charge in [-0.25, -0.2) is 0 Å². The number of carbonyl (C=O) groups excluding carboxylic acids is 1. The lowest BCUT2D eigenvalue weighted by Gasteiger charge is -2.10. The quantitative estimate of drug-likeness (QED) is 0.709. The van der Waals surface area contributed by atoms with Gasteiger partial charge in [0.1, 0.15) is 0 Å². The van der Waals surface area contributed by atoms with Crippen molar-refractivity contribution in [3.05, 3.63) is 66.4 Å². The molecule has 0 fully saturated rings. The van der Waals surface area contributed by atoms with Crippen LogP contribution in [0.3, 0.4) is 0 Å². The molecule has 0 unspecified atom stereocenters. The number of benzene rings is 2. The number of nitrogens with zero attached hydrogens (tertiary/aromatic N) is 2. The van der Waals surface area contributed by atoms with Gasteiger partial charge >= 0.3 is 0 Å². The lowest BCUT2D eigenvalue weighted by molar-refractivity contribution is -0.116. The fraction of sp³-hybridized carbons (Fsp3) is 0.286. The number of hydrogen-bond acceptors (Lipinski definition) is 2. The fourth-order valence-electron chi connectivity index (χ4n) is 2.98. The Hall–Kier alpha value is -2.59. The van der Waals surface area contributed by atoms with Gasteiger partial charge in [0.05, 0.1) is 0 Å². The SMILES string of the molecule is CN(C)CCCC(=O)Nc1ccc2c(ccn2Cc2ccccc2)c1. The van der Waals surface area contributed by atoms with Gasteiger partial charge in [0.25, 0.3) is 0 Å². The van der Waals surface area contributed by atoms with E-state index in [9.17, 15) is 4.79 Å². The minimum absolute atomic E-state index is 0.0740. The number of rotatable bonds is 7. The maximum Gasteiger partial charge on any atom is 0.224 e. The molecule has 130 valence electrons. The number of hydrogen-bond donors (Lipinski definition) is 1. The molecule has 0 aliphatic carbocycles. The number of carbonyl (C=O) groups is 1. The van der Waals surface area contributed by atoms with Crippen LogP contribution in [-0.4, -0.2) is 36.0 Å². The highest BCUT2D eigenvalue weighted by Gasteiger charge is 2.06. The van der Waals surface area contributed by atoms with Crippen LogP contribution in [-0.2, 0) is 11.3 Å². The van der Waals surface area contributed by atoms with Gasteiger partial charge < -0.3 is 14.8 Å². The van der Waals surface area contributed by atoms with E-state index in [1.54, 1.807) is 0 Å². The number of aromatic nitrogens is 1. The molecule has 0 saturated heterocycles. The number of fused-ring (bicyclic) bond motifs is 1. The van der Waals surface area contributed by atoms with Crippen molar-refractivity contribution in [1.29, 1.82) is 0 Å². The number of amides is 1. The van der Waals surface area contributed by atoms with Gasteiger partial charge in [0.2, 0.25) is 5.91 Å². The first-order valence-electron chi connectivity index (χ1n) is 8.69. The van der Waals surface area contributed by atoms with Crippen LogP contribution in [0.25, 0.3) is 10.9 Å². The lowest BCUT2D eigenvalue weighted by Crippen LogP contribution is -2.17. The van der Waals surface area contributed by atoms with E-state index in [-0.39, 0.29) is 5.91 Å². The van der Waals surface area contributed by atoms with Gasteiger partial charge in [0.15, 0.2) is 0 Å². The molecule has 3 rings (SSSR count). The second-order valence-corrected chi connectivity index (χ2v) is 6.66. The van der Waals surface area contributed by atoms with E-state index >= 15 is 0 Å². The molecular formula is C21H25N3O. The average Bonchev–Trinajstić information content (AvgIpc) is 2.97. The first kappa shape index (κ1) is 17.2. The average molecular weight is 335 g/mol. The van der Waals surface area contributed by atoms with Gasteiger partial charge in [0, 0.05) is 35.8 Å². The monoisotopic (exact) mass is 335 g/mol. The third-order valence-corrected chi connectivity index (χ3v) is 4.26. The van der Waals surface area contributed by atoms with Crippen molar-refractivity contribution in [2.45, 2.75) is 19.4 Å². The molecule has 25 heavy (non-hydrogen) atoms. The molecule has 1 aromatic heterocycles. The molecule has 0 aliphatic heterocycles. The fourth-order valence-corrected chi connectivity index (χ4v) is 2.98. The van der Waals surface area contributed by atoms with Crippen LogP contribution >= 0.6 is 0 Å². The molecule has 0 bridgehead atoms. The van der Waals surface area contributed by atoms with Crippen molar-refractivity contribution < 1.29 is 4.79 Å². The summed E-state index contributed by atoms with van der Waals surface area (Å²) in [7, 11) is 4.04. The van der Waals surface area contributed by atoms with Crippen molar-refractivity contribution in [2.75, 3.05) is 26.0 Å². The minimum Gasteiger partial charge on any atom is -0.343 e. The molecule has 0 spiro atoms. The van der Waals surface area contributed by atoms with Gasteiger partial charge in [-0.3, -0.25) is 4.79 Å². The summed E-state index contributed by atoms with van der Waals surface area (Å²) in [5, 5.41) is 4.14. The molecule has 4 heteroatoms. The zero-order chi connectivity index (χ0) is 17.6. The molecule has 4 nitrogen and oxygen atoms in total. The largest absolute Gasteiger partial charge is 0.343 e. The summed E-state index contributed by atoms with van der Waals surface area (Å²) in [5.74, 6) is 0.0740. The van der Waals surface area contributed by atoms with Crippen molar-refractivity contribution >= 4 is 22.5 Å². The third-order valence-electron chi connectivity index (χ3n) is 4.26. The van der Waals surface area contributed by atoms with Gasteiger partial charge in [-0.15, -0.1) is 0 Å². The van der Waals surface area contributed by atoms with Gasteiger partial charge in [-0.1, -0.05) is 30.3 Å². The molecule has 1 N–H and O–H groups in total. The summed E-state index contributed by atoms with van der Waals surface area (Å²) in [6.07, 6.45) is 3.51. The Morgan fingerprint density at radius 1 is 1.08 bits per heavy atom. The third kappa shape index (κ3) is 4.70. The van der Waals surface area contributed by atoms with E-state index < -0.39 is 0 Å². The van der Waals surface area contributed by atoms with Crippen LogP contribution in [0, 0.1) is 0 Å². The van der Waals surface area contributed by atoms with E-state index in [0.29, 0.717) is 6.42 Å². The van der Waals surface area contributed by atoms with E-state index in [4.69, 9.17) is 0 Å². The molecule has 0 atom stereocenters. The molecular weight excluding hydrogens is 310 g/mol. The topological polar surface area (TPSA) is 37.3 Å². The van der Waals surface area contributed by atoms with Crippen molar-refractivity contribution in [1.82, 2.24) is 9.47 Å². The van der Waals surface area contributed by atoms with Crippen LogP contribution in [0.1, 0.15) is 18.4 Å². The second-order valence-electron chi connectivity index (χ2n) is 6.66. The first-order chi connectivity index (χ1) is 12.1. The van der Waals surface area contributed by atoms with Crippen LogP contribution in [0.2, 0.25) is 0 Å². The zero-order valence-corrected chi connectivity index (χ0v) is 14.9. The Labute approximate surface area is 149 Å². The van der Waals surface area contributed by atoms with Crippen LogP contribution in [0.5, 0.6) is 0 Å².